The number of benzene rings is 1. The summed E-state index contributed by atoms with van der Waals surface area (Å²) in [4.78, 5) is 2.00. The zero-order chi connectivity index (χ0) is 17.7. The van der Waals surface area contributed by atoms with E-state index in [0.717, 1.165) is 0 Å². The third-order valence-corrected chi connectivity index (χ3v) is 4.16. The number of piperazine rings is 1. The second kappa shape index (κ2) is 10.9. The Balaban J connectivity index is 0.00000312. The van der Waals surface area contributed by atoms with E-state index in [9.17, 15) is 18.3 Å². The molecule has 0 bridgehead atoms. The highest BCUT2D eigenvalue weighted by molar-refractivity contribution is 5.85. The first-order valence-electron chi connectivity index (χ1n) is 7.82. The average Bonchev–Trinajstić information content (AvgIpc) is 2.55. The van der Waals surface area contributed by atoms with Crippen molar-refractivity contribution in [1.29, 1.82) is 0 Å². The van der Waals surface area contributed by atoms with E-state index in [0.29, 0.717) is 43.2 Å². The van der Waals surface area contributed by atoms with E-state index in [1.54, 1.807) is 0 Å². The van der Waals surface area contributed by atoms with E-state index < -0.39 is 18.6 Å². The molecule has 26 heavy (non-hydrogen) atoms. The molecule has 0 spiro atoms. The third kappa shape index (κ3) is 6.57. The van der Waals surface area contributed by atoms with Crippen molar-refractivity contribution < 1.29 is 27.8 Å². The minimum absolute atomic E-state index is 0. The van der Waals surface area contributed by atoms with E-state index >= 15 is 0 Å². The van der Waals surface area contributed by atoms with Crippen LogP contribution in [0.4, 0.5) is 13.2 Å². The number of nitrogens with zero attached hydrogens (tertiary/aromatic N) is 1. The summed E-state index contributed by atoms with van der Waals surface area (Å²) >= 11 is 0. The molecule has 1 aliphatic heterocycles. The second-order valence-corrected chi connectivity index (χ2v) is 5.72. The lowest BCUT2D eigenvalue weighted by Gasteiger charge is -2.36. The van der Waals surface area contributed by atoms with Gasteiger partial charge < -0.3 is 19.9 Å². The Morgan fingerprint density at radius 3 is 2.04 bits per heavy atom. The molecule has 5 nitrogen and oxygen atoms in total. The van der Waals surface area contributed by atoms with Gasteiger partial charge in [-0.2, -0.15) is 13.2 Å². The van der Waals surface area contributed by atoms with Crippen molar-refractivity contribution >= 4 is 24.8 Å². The molecule has 0 amide bonds. The number of phenolic OH excluding ortho intramolecular Hbond substituents is 1. The van der Waals surface area contributed by atoms with Crippen LogP contribution in [0.3, 0.4) is 0 Å². The molecule has 2 N–H and O–H groups in total. The smallest absolute Gasteiger partial charge is 0.389 e. The van der Waals surface area contributed by atoms with Crippen molar-refractivity contribution in [3.05, 3.63) is 17.7 Å². The van der Waals surface area contributed by atoms with Crippen LogP contribution in [0.1, 0.15) is 24.4 Å². The first-order chi connectivity index (χ1) is 11.4. The van der Waals surface area contributed by atoms with Gasteiger partial charge >= 0.3 is 6.18 Å². The lowest BCUT2D eigenvalue weighted by molar-refractivity contribution is -0.138. The Labute approximate surface area is 163 Å². The Hall–Kier alpha value is -1.09. The van der Waals surface area contributed by atoms with Gasteiger partial charge in [-0.3, -0.25) is 4.90 Å². The summed E-state index contributed by atoms with van der Waals surface area (Å²) in [6, 6.07) is 2.31. The van der Waals surface area contributed by atoms with Crippen LogP contribution in [0.15, 0.2) is 12.1 Å². The van der Waals surface area contributed by atoms with Gasteiger partial charge in [-0.05, 0) is 6.42 Å². The Morgan fingerprint density at radius 1 is 1.12 bits per heavy atom. The standard InChI is InChI=1S/C16H23F3N2O3.2ClH/c1-23-13-9-11(22)10-14(24-2)15(13)12(3-4-16(17,18)19)21-7-5-20-6-8-21;;/h9-10,12,20,22H,3-8H2,1-2H3;2*1H/t12-;;/m0../s1. The van der Waals surface area contributed by atoms with Crippen molar-refractivity contribution in [1.82, 2.24) is 10.2 Å². The van der Waals surface area contributed by atoms with Crippen molar-refractivity contribution in [3.63, 3.8) is 0 Å². The largest absolute Gasteiger partial charge is 0.508 e. The summed E-state index contributed by atoms with van der Waals surface area (Å²) in [6.45, 7) is 2.70. The van der Waals surface area contributed by atoms with E-state index in [-0.39, 0.29) is 37.0 Å². The predicted octanol–water partition coefficient (Wildman–Crippen LogP) is 3.54. The molecular formula is C16H25Cl2F3N2O3. The Morgan fingerprint density at radius 2 is 1.62 bits per heavy atom. The van der Waals surface area contributed by atoms with Crippen LogP contribution in [-0.4, -0.2) is 56.6 Å². The van der Waals surface area contributed by atoms with Gasteiger partial charge in [0.1, 0.15) is 17.2 Å². The molecule has 0 saturated carbocycles. The van der Waals surface area contributed by atoms with E-state index in [1.807, 2.05) is 4.90 Å². The van der Waals surface area contributed by atoms with Crippen LogP contribution in [0.5, 0.6) is 17.2 Å². The molecule has 1 heterocycles. The number of aromatic hydroxyl groups is 1. The minimum Gasteiger partial charge on any atom is -0.508 e. The van der Waals surface area contributed by atoms with Crippen LogP contribution in [0.2, 0.25) is 0 Å². The quantitative estimate of drug-likeness (QED) is 0.736. The van der Waals surface area contributed by atoms with Crippen LogP contribution < -0.4 is 14.8 Å². The maximum atomic E-state index is 12.8. The molecule has 2 rings (SSSR count). The first-order valence-corrected chi connectivity index (χ1v) is 7.82. The number of halogens is 5. The summed E-state index contributed by atoms with van der Waals surface area (Å²) in [5.41, 5.74) is 0.545. The molecule has 1 aliphatic rings. The lowest BCUT2D eigenvalue weighted by atomic mass is 9.97. The molecule has 1 aromatic carbocycles. The van der Waals surface area contributed by atoms with Crippen LogP contribution in [-0.2, 0) is 0 Å². The molecule has 0 aromatic heterocycles. The fourth-order valence-corrected chi connectivity index (χ4v) is 3.06. The molecule has 0 radical (unpaired) electrons. The third-order valence-electron chi connectivity index (χ3n) is 4.16. The fourth-order valence-electron chi connectivity index (χ4n) is 3.06. The highest BCUT2D eigenvalue weighted by Gasteiger charge is 2.34. The maximum absolute atomic E-state index is 12.8. The molecule has 0 aliphatic carbocycles. The Bertz CT molecular complexity index is 531. The van der Waals surface area contributed by atoms with Gasteiger partial charge in [-0.1, -0.05) is 0 Å². The molecule has 0 unspecified atom stereocenters. The highest BCUT2D eigenvalue weighted by Crippen LogP contribution is 2.43. The summed E-state index contributed by atoms with van der Waals surface area (Å²) in [7, 11) is 2.85. The van der Waals surface area contributed by atoms with E-state index in [1.165, 1.54) is 26.4 Å². The average molecular weight is 421 g/mol. The van der Waals surface area contributed by atoms with Crippen molar-refractivity contribution in [2.75, 3.05) is 40.4 Å². The summed E-state index contributed by atoms with van der Waals surface area (Å²) in [5.74, 6) is 0.609. The van der Waals surface area contributed by atoms with Gasteiger partial charge in [0.15, 0.2) is 0 Å². The van der Waals surface area contributed by atoms with Crippen molar-refractivity contribution in [3.8, 4) is 17.2 Å². The monoisotopic (exact) mass is 420 g/mol. The van der Waals surface area contributed by atoms with Gasteiger partial charge in [0.05, 0.1) is 19.8 Å². The molecule has 1 aromatic rings. The zero-order valence-corrected chi connectivity index (χ0v) is 16.3. The SMILES string of the molecule is COc1cc(O)cc(OC)c1[C@H](CCC(F)(F)F)N1CCNCC1.Cl.Cl. The summed E-state index contributed by atoms with van der Waals surface area (Å²) in [5, 5.41) is 13.0. The minimum atomic E-state index is -4.23. The molecular weight excluding hydrogens is 396 g/mol. The van der Waals surface area contributed by atoms with E-state index in [4.69, 9.17) is 9.47 Å². The number of phenols is 1. The maximum Gasteiger partial charge on any atom is 0.389 e. The fraction of sp³-hybridized carbons (Fsp3) is 0.625. The second-order valence-electron chi connectivity index (χ2n) is 5.72. The van der Waals surface area contributed by atoms with Gasteiger partial charge in [0, 0.05) is 50.8 Å². The van der Waals surface area contributed by atoms with Gasteiger partial charge in [0.25, 0.3) is 0 Å². The van der Waals surface area contributed by atoms with Crippen molar-refractivity contribution in [2.24, 2.45) is 0 Å². The molecule has 1 atom stereocenters. The number of hydrogen-bond acceptors (Lipinski definition) is 5. The number of ether oxygens (including phenoxy) is 2. The Kier molecular flexibility index (Phi) is 10.5. The van der Waals surface area contributed by atoms with Gasteiger partial charge in [-0.15, -0.1) is 24.8 Å². The van der Waals surface area contributed by atoms with Gasteiger partial charge in [0.2, 0.25) is 0 Å². The normalized spacial score (nSPS) is 16.2. The number of rotatable bonds is 6. The lowest BCUT2D eigenvalue weighted by Crippen LogP contribution is -2.45. The number of methoxy groups -OCH3 is 2. The van der Waals surface area contributed by atoms with Crippen molar-refractivity contribution in [2.45, 2.75) is 25.1 Å². The summed E-state index contributed by atoms with van der Waals surface area (Å²) in [6.07, 6.45) is -5.22. The molecule has 152 valence electrons. The highest BCUT2D eigenvalue weighted by atomic mass is 35.5. The van der Waals surface area contributed by atoms with Crippen LogP contribution in [0.25, 0.3) is 0 Å². The summed E-state index contributed by atoms with van der Waals surface area (Å²) < 4.78 is 49.0. The van der Waals surface area contributed by atoms with E-state index in [2.05, 4.69) is 5.32 Å². The number of nitrogens with one attached hydrogen (secondary N) is 1. The number of hydrogen-bond donors (Lipinski definition) is 2. The molecule has 10 heteroatoms. The zero-order valence-electron chi connectivity index (χ0n) is 14.6. The first kappa shape index (κ1) is 24.9. The topological polar surface area (TPSA) is 54.0 Å². The van der Waals surface area contributed by atoms with Crippen LogP contribution >= 0.6 is 24.8 Å². The molecule has 1 fully saturated rings. The number of alkyl halides is 3. The molecule has 1 saturated heterocycles. The van der Waals surface area contributed by atoms with Crippen LogP contribution in [0, 0.1) is 0 Å². The predicted molar refractivity (Wildman–Crippen MR) is 98.2 cm³/mol. The van der Waals surface area contributed by atoms with Gasteiger partial charge in [-0.25, -0.2) is 0 Å².